The molecular weight excluding hydrogens is 265 g/mol. The average molecular weight is 285 g/mol. The first kappa shape index (κ1) is 14.3. The summed E-state index contributed by atoms with van der Waals surface area (Å²) >= 11 is 0. The molecular formula is C14H20FNO2S. The van der Waals surface area contributed by atoms with Gasteiger partial charge in [0.15, 0.2) is 9.84 Å². The molecule has 0 aromatic heterocycles. The Kier molecular flexibility index (Phi) is 4.13. The summed E-state index contributed by atoms with van der Waals surface area (Å²) in [6.45, 7) is 2.07. The lowest BCUT2D eigenvalue weighted by atomic mass is 9.91. The predicted molar refractivity (Wildman–Crippen MR) is 74.9 cm³/mol. The number of halogens is 1. The van der Waals surface area contributed by atoms with Crippen molar-refractivity contribution in [3.8, 4) is 0 Å². The third-order valence-electron chi connectivity index (χ3n) is 3.90. The number of rotatable bonds is 3. The van der Waals surface area contributed by atoms with Crippen LogP contribution in [-0.2, 0) is 15.6 Å². The van der Waals surface area contributed by atoms with E-state index in [1.165, 1.54) is 18.2 Å². The lowest BCUT2D eigenvalue weighted by Gasteiger charge is -2.26. The zero-order valence-electron chi connectivity index (χ0n) is 11.1. The fourth-order valence-electron chi connectivity index (χ4n) is 2.75. The SMILES string of the molecule is CC1CCCC(S(=O)(=O)Cc2c(N)cccc2F)C1. The molecule has 1 saturated carbocycles. The molecule has 0 saturated heterocycles. The minimum absolute atomic E-state index is 0.112. The second-order valence-corrected chi connectivity index (χ2v) is 7.79. The Balaban J connectivity index is 2.21. The molecule has 2 rings (SSSR count). The zero-order valence-corrected chi connectivity index (χ0v) is 11.9. The number of anilines is 1. The molecule has 0 heterocycles. The van der Waals surface area contributed by atoms with Crippen molar-refractivity contribution in [2.24, 2.45) is 5.92 Å². The molecule has 19 heavy (non-hydrogen) atoms. The Morgan fingerprint density at radius 1 is 1.37 bits per heavy atom. The molecule has 2 unspecified atom stereocenters. The number of benzene rings is 1. The molecule has 3 nitrogen and oxygen atoms in total. The van der Waals surface area contributed by atoms with Crippen LogP contribution in [0.1, 0.15) is 38.2 Å². The second-order valence-electron chi connectivity index (χ2n) is 5.51. The van der Waals surface area contributed by atoms with Gasteiger partial charge < -0.3 is 5.73 Å². The Labute approximate surface area is 113 Å². The maximum absolute atomic E-state index is 13.7. The summed E-state index contributed by atoms with van der Waals surface area (Å²) in [4.78, 5) is 0. The van der Waals surface area contributed by atoms with Crippen LogP contribution in [0.25, 0.3) is 0 Å². The standard InChI is InChI=1S/C14H20FNO2S/c1-10-4-2-5-11(8-10)19(17,18)9-12-13(15)6-3-7-14(12)16/h3,6-7,10-11H,2,4-5,8-9,16H2,1H3. The minimum Gasteiger partial charge on any atom is -0.398 e. The first-order valence-corrected chi connectivity index (χ1v) is 8.36. The first-order valence-electron chi connectivity index (χ1n) is 6.64. The van der Waals surface area contributed by atoms with Gasteiger partial charge in [0.1, 0.15) is 5.82 Å². The molecule has 0 radical (unpaired) electrons. The van der Waals surface area contributed by atoms with E-state index in [0.717, 1.165) is 12.8 Å². The summed E-state index contributed by atoms with van der Waals surface area (Å²) in [5.41, 5.74) is 6.01. The summed E-state index contributed by atoms with van der Waals surface area (Å²) < 4.78 is 38.4. The molecule has 1 fully saturated rings. The van der Waals surface area contributed by atoms with Crippen LogP contribution in [0.4, 0.5) is 10.1 Å². The summed E-state index contributed by atoms with van der Waals surface area (Å²) in [5.74, 6) is -0.401. The van der Waals surface area contributed by atoms with Crippen molar-refractivity contribution < 1.29 is 12.8 Å². The molecule has 0 bridgehead atoms. The van der Waals surface area contributed by atoms with Crippen LogP contribution in [-0.4, -0.2) is 13.7 Å². The third kappa shape index (κ3) is 3.26. The summed E-state index contributed by atoms with van der Waals surface area (Å²) in [6, 6.07) is 4.28. The highest BCUT2D eigenvalue weighted by Gasteiger charge is 2.31. The number of sulfone groups is 1. The van der Waals surface area contributed by atoms with Gasteiger partial charge in [-0.05, 0) is 30.9 Å². The summed E-state index contributed by atoms with van der Waals surface area (Å²) in [6.07, 6.45) is 3.36. The minimum atomic E-state index is -3.33. The van der Waals surface area contributed by atoms with Crippen molar-refractivity contribution in [3.63, 3.8) is 0 Å². The first-order chi connectivity index (χ1) is 8.90. The fraction of sp³-hybridized carbons (Fsp3) is 0.571. The molecule has 0 spiro atoms. The lowest BCUT2D eigenvalue weighted by molar-refractivity contribution is 0.381. The van der Waals surface area contributed by atoms with Crippen molar-refractivity contribution >= 4 is 15.5 Å². The van der Waals surface area contributed by atoms with Gasteiger partial charge in [-0.3, -0.25) is 0 Å². The van der Waals surface area contributed by atoms with E-state index < -0.39 is 15.7 Å². The van der Waals surface area contributed by atoms with Crippen LogP contribution in [0.2, 0.25) is 0 Å². The lowest BCUT2D eigenvalue weighted by Crippen LogP contribution is -2.29. The van der Waals surface area contributed by atoms with Crippen molar-refractivity contribution in [2.45, 2.75) is 43.6 Å². The van der Waals surface area contributed by atoms with E-state index in [2.05, 4.69) is 6.92 Å². The molecule has 1 aliphatic carbocycles. The van der Waals surface area contributed by atoms with Crippen LogP contribution in [0.5, 0.6) is 0 Å². The number of hydrogen-bond donors (Lipinski definition) is 1. The Hall–Kier alpha value is -1.10. The topological polar surface area (TPSA) is 60.2 Å². The molecule has 1 aromatic rings. The second kappa shape index (κ2) is 5.49. The maximum atomic E-state index is 13.7. The fourth-order valence-corrected chi connectivity index (χ4v) is 4.84. The van der Waals surface area contributed by atoms with Gasteiger partial charge in [-0.1, -0.05) is 25.8 Å². The Morgan fingerprint density at radius 3 is 2.74 bits per heavy atom. The van der Waals surface area contributed by atoms with Gasteiger partial charge in [0, 0.05) is 11.3 Å². The van der Waals surface area contributed by atoms with E-state index in [-0.39, 0.29) is 22.3 Å². The molecule has 2 atom stereocenters. The maximum Gasteiger partial charge on any atom is 0.157 e. The van der Waals surface area contributed by atoms with E-state index in [1.807, 2.05) is 0 Å². The van der Waals surface area contributed by atoms with Gasteiger partial charge in [-0.2, -0.15) is 0 Å². The van der Waals surface area contributed by atoms with E-state index in [0.29, 0.717) is 18.8 Å². The monoisotopic (exact) mass is 285 g/mol. The highest BCUT2D eigenvalue weighted by Crippen LogP contribution is 2.31. The number of nitrogen functional groups attached to an aromatic ring is 1. The van der Waals surface area contributed by atoms with E-state index in [9.17, 15) is 12.8 Å². The largest absolute Gasteiger partial charge is 0.398 e. The average Bonchev–Trinajstić information content (AvgIpc) is 2.34. The summed E-state index contributed by atoms with van der Waals surface area (Å²) in [5, 5.41) is -0.352. The van der Waals surface area contributed by atoms with Gasteiger partial charge in [-0.25, -0.2) is 12.8 Å². The van der Waals surface area contributed by atoms with Crippen molar-refractivity contribution in [1.29, 1.82) is 0 Å². The van der Waals surface area contributed by atoms with Gasteiger partial charge in [0.2, 0.25) is 0 Å². The Morgan fingerprint density at radius 2 is 2.11 bits per heavy atom. The van der Waals surface area contributed by atoms with Crippen LogP contribution in [0.15, 0.2) is 18.2 Å². The molecule has 0 amide bonds. The summed E-state index contributed by atoms with van der Waals surface area (Å²) in [7, 11) is -3.33. The van der Waals surface area contributed by atoms with Crippen LogP contribution < -0.4 is 5.73 Å². The number of hydrogen-bond acceptors (Lipinski definition) is 3. The van der Waals surface area contributed by atoms with Gasteiger partial charge in [0.25, 0.3) is 0 Å². The molecule has 1 aliphatic rings. The van der Waals surface area contributed by atoms with Crippen molar-refractivity contribution in [3.05, 3.63) is 29.6 Å². The normalized spacial score (nSPS) is 24.3. The smallest absolute Gasteiger partial charge is 0.157 e. The quantitative estimate of drug-likeness (QED) is 0.869. The molecule has 5 heteroatoms. The molecule has 1 aromatic carbocycles. The highest BCUT2D eigenvalue weighted by molar-refractivity contribution is 7.91. The van der Waals surface area contributed by atoms with Crippen LogP contribution >= 0.6 is 0 Å². The number of nitrogens with two attached hydrogens (primary N) is 1. The zero-order chi connectivity index (χ0) is 14.0. The van der Waals surface area contributed by atoms with Crippen LogP contribution in [0.3, 0.4) is 0 Å². The predicted octanol–water partition coefficient (Wildman–Crippen LogP) is 2.90. The van der Waals surface area contributed by atoms with Gasteiger partial charge in [0.05, 0.1) is 11.0 Å². The van der Waals surface area contributed by atoms with E-state index in [4.69, 9.17) is 5.73 Å². The van der Waals surface area contributed by atoms with Crippen LogP contribution in [0, 0.1) is 11.7 Å². The van der Waals surface area contributed by atoms with Crippen molar-refractivity contribution in [1.82, 2.24) is 0 Å². The highest BCUT2D eigenvalue weighted by atomic mass is 32.2. The molecule has 0 aliphatic heterocycles. The Bertz CT molecular complexity index is 536. The molecule has 106 valence electrons. The van der Waals surface area contributed by atoms with Gasteiger partial charge in [-0.15, -0.1) is 0 Å². The third-order valence-corrected chi connectivity index (χ3v) is 6.03. The van der Waals surface area contributed by atoms with E-state index in [1.54, 1.807) is 0 Å². The molecule has 2 N–H and O–H groups in total. The van der Waals surface area contributed by atoms with Crippen molar-refractivity contribution in [2.75, 3.05) is 5.73 Å². The van der Waals surface area contributed by atoms with Gasteiger partial charge >= 0.3 is 0 Å². The van der Waals surface area contributed by atoms with E-state index >= 15 is 0 Å².